The standard InChI is InChI=1S/C14H20N2O2/c17-12-4-7-15-8-10-16(11-9-15)14(18)13-5-2-1-3-6-13/h1-3,5-6,17H,4,7-12H2. The van der Waals surface area contributed by atoms with Gasteiger partial charge in [-0.05, 0) is 18.6 Å². The fourth-order valence-electron chi connectivity index (χ4n) is 2.23. The fraction of sp³-hybridized carbons (Fsp3) is 0.500. The largest absolute Gasteiger partial charge is 0.396 e. The zero-order valence-corrected chi connectivity index (χ0v) is 10.6. The van der Waals surface area contributed by atoms with Gasteiger partial charge in [-0.25, -0.2) is 0 Å². The van der Waals surface area contributed by atoms with Crippen LogP contribution in [0.25, 0.3) is 0 Å². The van der Waals surface area contributed by atoms with E-state index in [-0.39, 0.29) is 12.5 Å². The van der Waals surface area contributed by atoms with E-state index in [0.717, 1.165) is 44.7 Å². The van der Waals surface area contributed by atoms with Crippen LogP contribution in [0.3, 0.4) is 0 Å². The van der Waals surface area contributed by atoms with Gasteiger partial charge >= 0.3 is 0 Å². The summed E-state index contributed by atoms with van der Waals surface area (Å²) in [6, 6.07) is 9.43. The first-order valence-electron chi connectivity index (χ1n) is 6.49. The van der Waals surface area contributed by atoms with Crippen LogP contribution >= 0.6 is 0 Å². The van der Waals surface area contributed by atoms with Crippen molar-refractivity contribution in [2.24, 2.45) is 0 Å². The molecule has 0 atom stereocenters. The van der Waals surface area contributed by atoms with Gasteiger partial charge in [-0.2, -0.15) is 0 Å². The molecule has 0 saturated carbocycles. The highest BCUT2D eigenvalue weighted by atomic mass is 16.3. The normalized spacial score (nSPS) is 16.8. The molecule has 1 fully saturated rings. The number of aliphatic hydroxyl groups is 1. The second-order valence-electron chi connectivity index (χ2n) is 4.58. The van der Waals surface area contributed by atoms with Crippen LogP contribution in [0.1, 0.15) is 16.8 Å². The number of hydrogen-bond acceptors (Lipinski definition) is 3. The van der Waals surface area contributed by atoms with Gasteiger partial charge in [0.1, 0.15) is 0 Å². The van der Waals surface area contributed by atoms with Crippen LogP contribution in [0.5, 0.6) is 0 Å². The number of carbonyl (C=O) groups is 1. The number of nitrogens with zero attached hydrogens (tertiary/aromatic N) is 2. The van der Waals surface area contributed by atoms with Crippen LogP contribution < -0.4 is 0 Å². The summed E-state index contributed by atoms with van der Waals surface area (Å²) >= 11 is 0. The first kappa shape index (κ1) is 13.1. The highest BCUT2D eigenvalue weighted by Crippen LogP contribution is 2.08. The number of rotatable bonds is 4. The van der Waals surface area contributed by atoms with Gasteiger partial charge in [-0.1, -0.05) is 18.2 Å². The van der Waals surface area contributed by atoms with E-state index in [0.29, 0.717) is 0 Å². The van der Waals surface area contributed by atoms with E-state index < -0.39 is 0 Å². The Morgan fingerprint density at radius 3 is 2.39 bits per heavy atom. The lowest BCUT2D eigenvalue weighted by Crippen LogP contribution is -2.48. The summed E-state index contributed by atoms with van der Waals surface area (Å²) in [5.41, 5.74) is 0.765. The Morgan fingerprint density at radius 2 is 1.78 bits per heavy atom. The molecule has 0 radical (unpaired) electrons. The van der Waals surface area contributed by atoms with Gasteiger partial charge in [0.25, 0.3) is 5.91 Å². The van der Waals surface area contributed by atoms with Gasteiger partial charge in [0.2, 0.25) is 0 Å². The molecule has 1 aromatic carbocycles. The van der Waals surface area contributed by atoms with Crippen molar-refractivity contribution in [3.8, 4) is 0 Å². The van der Waals surface area contributed by atoms with Gasteiger partial charge in [-0.15, -0.1) is 0 Å². The molecule has 1 saturated heterocycles. The molecule has 1 amide bonds. The predicted molar refractivity (Wildman–Crippen MR) is 70.5 cm³/mol. The minimum Gasteiger partial charge on any atom is -0.396 e. The number of piperazine rings is 1. The van der Waals surface area contributed by atoms with Gasteiger partial charge in [0.05, 0.1) is 0 Å². The molecule has 98 valence electrons. The van der Waals surface area contributed by atoms with E-state index in [1.165, 1.54) is 0 Å². The average Bonchev–Trinajstić information content (AvgIpc) is 2.46. The van der Waals surface area contributed by atoms with Crippen molar-refractivity contribution >= 4 is 5.91 Å². The molecule has 1 aromatic rings. The van der Waals surface area contributed by atoms with Crippen LogP contribution in [0.4, 0.5) is 0 Å². The summed E-state index contributed by atoms with van der Waals surface area (Å²) in [5.74, 6) is 0.123. The third-order valence-corrected chi connectivity index (χ3v) is 3.31. The van der Waals surface area contributed by atoms with Gasteiger partial charge in [-0.3, -0.25) is 9.69 Å². The summed E-state index contributed by atoms with van der Waals surface area (Å²) in [6.45, 7) is 4.52. The molecule has 4 nitrogen and oxygen atoms in total. The third kappa shape index (κ3) is 3.31. The third-order valence-electron chi connectivity index (χ3n) is 3.31. The van der Waals surface area contributed by atoms with E-state index in [2.05, 4.69) is 4.90 Å². The Kier molecular flexibility index (Phi) is 4.73. The molecule has 0 spiro atoms. The molecule has 0 bridgehead atoms. The molecule has 18 heavy (non-hydrogen) atoms. The Labute approximate surface area is 108 Å². The first-order chi connectivity index (χ1) is 8.81. The minimum absolute atomic E-state index is 0.123. The van der Waals surface area contributed by atoms with Gasteiger partial charge < -0.3 is 10.0 Å². The average molecular weight is 248 g/mol. The maximum Gasteiger partial charge on any atom is 0.253 e. The molecule has 1 N–H and O–H groups in total. The molecule has 2 rings (SSSR count). The molecular weight excluding hydrogens is 228 g/mol. The molecule has 0 unspecified atom stereocenters. The Balaban J connectivity index is 1.84. The Hall–Kier alpha value is -1.39. The smallest absolute Gasteiger partial charge is 0.253 e. The number of hydrogen-bond donors (Lipinski definition) is 1. The minimum atomic E-state index is 0.123. The molecule has 4 heteroatoms. The number of amides is 1. The van der Waals surface area contributed by atoms with Crippen molar-refractivity contribution in [1.82, 2.24) is 9.80 Å². The molecule has 1 heterocycles. The summed E-state index contributed by atoms with van der Waals surface area (Å²) in [4.78, 5) is 16.4. The number of benzene rings is 1. The maximum atomic E-state index is 12.2. The monoisotopic (exact) mass is 248 g/mol. The van der Waals surface area contributed by atoms with E-state index in [9.17, 15) is 4.79 Å². The van der Waals surface area contributed by atoms with Crippen molar-refractivity contribution in [3.63, 3.8) is 0 Å². The van der Waals surface area contributed by atoms with E-state index in [1.54, 1.807) is 0 Å². The second-order valence-corrected chi connectivity index (χ2v) is 4.58. The maximum absolute atomic E-state index is 12.2. The topological polar surface area (TPSA) is 43.8 Å². The first-order valence-corrected chi connectivity index (χ1v) is 6.49. The van der Waals surface area contributed by atoms with Crippen LogP contribution in [-0.2, 0) is 0 Å². The highest BCUT2D eigenvalue weighted by Gasteiger charge is 2.21. The lowest BCUT2D eigenvalue weighted by atomic mass is 10.2. The van der Waals surface area contributed by atoms with Crippen molar-refractivity contribution < 1.29 is 9.90 Å². The van der Waals surface area contributed by atoms with Crippen LogP contribution in [-0.4, -0.2) is 60.1 Å². The van der Waals surface area contributed by atoms with E-state index in [1.807, 2.05) is 35.2 Å². The van der Waals surface area contributed by atoms with Crippen LogP contribution in [0, 0.1) is 0 Å². The SMILES string of the molecule is O=C(c1ccccc1)N1CCN(CCCO)CC1. The Morgan fingerprint density at radius 1 is 1.11 bits per heavy atom. The lowest BCUT2D eigenvalue weighted by Gasteiger charge is -2.34. The Bertz CT molecular complexity index is 373. The summed E-state index contributed by atoms with van der Waals surface area (Å²) < 4.78 is 0. The predicted octanol–water partition coefficient (Wildman–Crippen LogP) is 0.827. The highest BCUT2D eigenvalue weighted by molar-refractivity contribution is 5.94. The molecule has 1 aliphatic rings. The summed E-state index contributed by atoms with van der Waals surface area (Å²) in [6.07, 6.45) is 0.812. The summed E-state index contributed by atoms with van der Waals surface area (Å²) in [7, 11) is 0. The van der Waals surface area contributed by atoms with E-state index in [4.69, 9.17) is 5.11 Å². The molecule has 0 aliphatic carbocycles. The molecule has 0 aromatic heterocycles. The number of carbonyl (C=O) groups excluding carboxylic acids is 1. The quantitative estimate of drug-likeness (QED) is 0.858. The van der Waals surface area contributed by atoms with Gasteiger partial charge in [0, 0.05) is 44.9 Å². The zero-order valence-electron chi connectivity index (χ0n) is 10.6. The molecule has 1 aliphatic heterocycles. The summed E-state index contributed by atoms with van der Waals surface area (Å²) in [5, 5.41) is 8.79. The van der Waals surface area contributed by atoms with Crippen molar-refractivity contribution in [3.05, 3.63) is 35.9 Å². The second kappa shape index (κ2) is 6.52. The molecular formula is C14H20N2O2. The van der Waals surface area contributed by atoms with Crippen LogP contribution in [0.15, 0.2) is 30.3 Å². The zero-order chi connectivity index (χ0) is 12.8. The van der Waals surface area contributed by atoms with Gasteiger partial charge in [0.15, 0.2) is 0 Å². The van der Waals surface area contributed by atoms with Crippen molar-refractivity contribution in [2.45, 2.75) is 6.42 Å². The lowest BCUT2D eigenvalue weighted by molar-refractivity contribution is 0.0629. The van der Waals surface area contributed by atoms with Crippen LogP contribution in [0.2, 0.25) is 0 Å². The van der Waals surface area contributed by atoms with Crippen molar-refractivity contribution in [2.75, 3.05) is 39.3 Å². The van der Waals surface area contributed by atoms with Crippen molar-refractivity contribution in [1.29, 1.82) is 0 Å². The van der Waals surface area contributed by atoms with E-state index >= 15 is 0 Å². The fourth-order valence-corrected chi connectivity index (χ4v) is 2.23. The number of aliphatic hydroxyl groups excluding tert-OH is 1.